The molecule has 0 unspecified atom stereocenters. The van der Waals surface area contributed by atoms with Gasteiger partial charge in [-0.3, -0.25) is 9.59 Å². The molecule has 0 bridgehead atoms. The third-order valence-electron chi connectivity index (χ3n) is 5.57. The van der Waals surface area contributed by atoms with Gasteiger partial charge in [-0.25, -0.2) is 0 Å². The zero-order valence-electron chi connectivity index (χ0n) is 16.5. The highest BCUT2D eigenvalue weighted by atomic mass is 16.1. The fraction of sp³-hybridized carbons (Fsp3) is 0.0370. The Morgan fingerprint density at radius 1 is 0.567 bits per heavy atom. The van der Waals surface area contributed by atoms with Crippen LogP contribution in [0.15, 0.2) is 97.1 Å². The molecule has 4 aromatic rings. The van der Waals surface area contributed by atoms with E-state index in [4.69, 9.17) is 0 Å². The molecule has 30 heavy (non-hydrogen) atoms. The number of nitrogens with zero attached hydrogens (tertiary/aromatic N) is 1. The number of hydrogen-bond donors (Lipinski definition) is 0. The minimum atomic E-state index is -0.139. The Kier molecular flexibility index (Phi) is 4.29. The van der Waals surface area contributed by atoms with Gasteiger partial charge in [0.05, 0.1) is 22.5 Å². The second-order valence-corrected chi connectivity index (χ2v) is 7.36. The Hall–Kier alpha value is -3.98. The van der Waals surface area contributed by atoms with Gasteiger partial charge in [0.2, 0.25) is 0 Å². The molecule has 1 heterocycles. The van der Waals surface area contributed by atoms with E-state index in [-0.39, 0.29) is 11.6 Å². The summed E-state index contributed by atoms with van der Waals surface area (Å²) in [6.07, 6.45) is 1.49. The SMILES string of the molecule is Cn1c(-c2ccccc2)c2c(c1-c1ccccc1)C(=O)C(c1ccccc1)=CC2=O. The summed E-state index contributed by atoms with van der Waals surface area (Å²) >= 11 is 0. The molecular weight excluding hydrogens is 370 g/mol. The van der Waals surface area contributed by atoms with E-state index in [0.29, 0.717) is 16.7 Å². The Morgan fingerprint density at radius 3 is 1.50 bits per heavy atom. The lowest BCUT2D eigenvalue weighted by Gasteiger charge is -2.15. The van der Waals surface area contributed by atoms with Crippen molar-refractivity contribution in [2.24, 2.45) is 7.05 Å². The van der Waals surface area contributed by atoms with Crippen LogP contribution in [0.2, 0.25) is 0 Å². The summed E-state index contributed by atoms with van der Waals surface area (Å²) in [6.45, 7) is 0. The molecule has 5 rings (SSSR count). The summed E-state index contributed by atoms with van der Waals surface area (Å²) in [5.74, 6) is -0.257. The molecule has 1 aliphatic rings. The third kappa shape index (κ3) is 2.75. The number of fused-ring (bicyclic) bond motifs is 1. The van der Waals surface area contributed by atoms with Gasteiger partial charge in [0.25, 0.3) is 0 Å². The molecule has 1 aliphatic carbocycles. The molecule has 3 nitrogen and oxygen atoms in total. The van der Waals surface area contributed by atoms with Crippen molar-refractivity contribution in [3.63, 3.8) is 0 Å². The van der Waals surface area contributed by atoms with E-state index in [1.807, 2.05) is 103 Å². The quantitative estimate of drug-likeness (QED) is 0.443. The maximum Gasteiger partial charge on any atom is 0.196 e. The number of benzene rings is 3. The molecule has 3 heteroatoms. The van der Waals surface area contributed by atoms with Crippen LogP contribution in [-0.2, 0) is 7.05 Å². The third-order valence-corrected chi connectivity index (χ3v) is 5.57. The van der Waals surface area contributed by atoms with E-state index in [1.54, 1.807) is 0 Å². The molecule has 0 aliphatic heterocycles. The lowest BCUT2D eigenvalue weighted by atomic mass is 9.85. The van der Waals surface area contributed by atoms with Crippen molar-refractivity contribution >= 4 is 17.1 Å². The number of rotatable bonds is 3. The molecule has 0 saturated carbocycles. The van der Waals surface area contributed by atoms with Crippen LogP contribution in [0.1, 0.15) is 26.3 Å². The van der Waals surface area contributed by atoms with Crippen LogP contribution in [0.5, 0.6) is 0 Å². The summed E-state index contributed by atoms with van der Waals surface area (Å²) in [5, 5.41) is 0. The highest BCUT2D eigenvalue weighted by Gasteiger charge is 2.35. The topological polar surface area (TPSA) is 39.1 Å². The normalized spacial score (nSPS) is 13.2. The van der Waals surface area contributed by atoms with E-state index in [2.05, 4.69) is 0 Å². The second kappa shape index (κ2) is 7.12. The van der Waals surface area contributed by atoms with Crippen LogP contribution in [0.3, 0.4) is 0 Å². The number of aromatic nitrogens is 1. The first kappa shape index (κ1) is 18.1. The van der Waals surface area contributed by atoms with Gasteiger partial charge in [-0.2, -0.15) is 0 Å². The van der Waals surface area contributed by atoms with Crippen molar-refractivity contribution < 1.29 is 9.59 Å². The summed E-state index contributed by atoms with van der Waals surface area (Å²) in [5.41, 5.74) is 5.52. The predicted molar refractivity (Wildman–Crippen MR) is 119 cm³/mol. The van der Waals surface area contributed by atoms with E-state index < -0.39 is 0 Å². The largest absolute Gasteiger partial charge is 0.342 e. The van der Waals surface area contributed by atoms with Crippen molar-refractivity contribution in [1.29, 1.82) is 0 Å². The van der Waals surface area contributed by atoms with Gasteiger partial charge < -0.3 is 4.57 Å². The van der Waals surface area contributed by atoms with Gasteiger partial charge in [-0.15, -0.1) is 0 Å². The van der Waals surface area contributed by atoms with Gasteiger partial charge in [0.15, 0.2) is 11.6 Å². The summed E-state index contributed by atoms with van der Waals surface area (Å²) in [4.78, 5) is 27.1. The van der Waals surface area contributed by atoms with Crippen LogP contribution >= 0.6 is 0 Å². The van der Waals surface area contributed by atoms with Crippen molar-refractivity contribution in [3.05, 3.63) is 114 Å². The fourth-order valence-corrected chi connectivity index (χ4v) is 4.25. The molecule has 0 spiro atoms. The molecule has 0 atom stereocenters. The maximum absolute atomic E-state index is 13.7. The minimum absolute atomic E-state index is 0.118. The van der Waals surface area contributed by atoms with Crippen molar-refractivity contribution in [3.8, 4) is 22.5 Å². The number of allylic oxidation sites excluding steroid dienone is 2. The van der Waals surface area contributed by atoms with Gasteiger partial charge in [-0.05, 0) is 22.8 Å². The van der Waals surface area contributed by atoms with Crippen molar-refractivity contribution in [2.45, 2.75) is 0 Å². The van der Waals surface area contributed by atoms with E-state index in [1.165, 1.54) is 6.08 Å². The van der Waals surface area contributed by atoms with Crippen molar-refractivity contribution in [1.82, 2.24) is 4.57 Å². The molecule has 1 aromatic heterocycles. The summed E-state index contributed by atoms with van der Waals surface area (Å²) in [6, 6.07) is 28.9. The van der Waals surface area contributed by atoms with Gasteiger partial charge in [0.1, 0.15) is 0 Å². The standard InChI is InChI=1S/C27H19NO2/c1-28-25(19-13-7-3-8-14-19)23-22(29)17-21(18-11-5-2-6-12-18)27(30)24(23)26(28)20-15-9-4-10-16-20/h2-17H,1H3. The minimum Gasteiger partial charge on any atom is -0.342 e. The summed E-state index contributed by atoms with van der Waals surface area (Å²) < 4.78 is 1.98. The zero-order valence-corrected chi connectivity index (χ0v) is 16.5. The molecule has 0 N–H and O–H groups in total. The number of Topliss-reactive ketones (excluding diaryl/α,β-unsaturated/α-hetero) is 1. The molecular formula is C27H19NO2. The first-order valence-electron chi connectivity index (χ1n) is 9.86. The average molecular weight is 389 g/mol. The van der Waals surface area contributed by atoms with Crippen LogP contribution in [-0.4, -0.2) is 16.1 Å². The Labute approximate surface area is 174 Å². The smallest absolute Gasteiger partial charge is 0.196 e. The Bertz CT molecular complexity index is 1300. The Balaban J connectivity index is 1.83. The molecule has 0 radical (unpaired) electrons. The van der Waals surface area contributed by atoms with E-state index >= 15 is 0 Å². The van der Waals surface area contributed by atoms with Crippen LogP contribution in [0, 0.1) is 0 Å². The number of ketones is 2. The monoisotopic (exact) mass is 389 g/mol. The highest BCUT2D eigenvalue weighted by Crippen LogP contribution is 2.41. The van der Waals surface area contributed by atoms with Gasteiger partial charge >= 0.3 is 0 Å². The molecule has 3 aromatic carbocycles. The van der Waals surface area contributed by atoms with Gasteiger partial charge in [0, 0.05) is 12.6 Å². The van der Waals surface area contributed by atoms with Crippen LogP contribution < -0.4 is 0 Å². The second-order valence-electron chi connectivity index (χ2n) is 7.36. The maximum atomic E-state index is 13.7. The molecule has 0 saturated heterocycles. The fourth-order valence-electron chi connectivity index (χ4n) is 4.25. The zero-order chi connectivity index (χ0) is 20.7. The van der Waals surface area contributed by atoms with Crippen LogP contribution in [0.4, 0.5) is 0 Å². The first-order chi connectivity index (χ1) is 14.7. The lowest BCUT2D eigenvalue weighted by molar-refractivity contribution is 0.100. The summed E-state index contributed by atoms with van der Waals surface area (Å²) in [7, 11) is 1.92. The molecule has 0 fully saturated rings. The van der Waals surface area contributed by atoms with Crippen molar-refractivity contribution in [2.75, 3.05) is 0 Å². The van der Waals surface area contributed by atoms with E-state index in [9.17, 15) is 9.59 Å². The molecule has 144 valence electrons. The number of carbonyl (C=O) groups excluding carboxylic acids is 2. The highest BCUT2D eigenvalue weighted by molar-refractivity contribution is 6.41. The molecule has 0 amide bonds. The first-order valence-corrected chi connectivity index (χ1v) is 9.86. The predicted octanol–water partition coefficient (Wildman–Crippen LogP) is 5.82. The lowest BCUT2D eigenvalue weighted by Crippen LogP contribution is -2.16. The number of hydrogen-bond acceptors (Lipinski definition) is 2. The average Bonchev–Trinajstić information content (AvgIpc) is 3.11. The van der Waals surface area contributed by atoms with Crippen LogP contribution in [0.25, 0.3) is 28.1 Å². The Morgan fingerprint density at radius 2 is 1.00 bits per heavy atom. The van der Waals surface area contributed by atoms with E-state index in [0.717, 1.165) is 28.1 Å². The number of carbonyl (C=O) groups is 2. The van der Waals surface area contributed by atoms with Gasteiger partial charge in [-0.1, -0.05) is 91.0 Å².